The van der Waals surface area contributed by atoms with Gasteiger partial charge in [0, 0.05) is 50.7 Å². The molecule has 1 atom stereocenters. The molecule has 35 heavy (non-hydrogen) atoms. The average Bonchev–Trinajstić information content (AvgIpc) is 3.52. The number of benzene rings is 1. The summed E-state index contributed by atoms with van der Waals surface area (Å²) in [5, 5.41) is 3.17. The molecule has 0 saturated carbocycles. The Hall–Kier alpha value is -2.21. The maximum Gasteiger partial charge on any atom is 0.328 e. The van der Waals surface area contributed by atoms with Crippen molar-refractivity contribution in [2.24, 2.45) is 0 Å². The molecule has 4 rings (SSSR count). The molecule has 3 amide bonds. The molecule has 0 bridgehead atoms. The molecule has 2 aromatic rings. The van der Waals surface area contributed by atoms with E-state index in [0.717, 1.165) is 29.7 Å². The van der Waals surface area contributed by atoms with Crippen molar-refractivity contribution in [1.82, 2.24) is 14.2 Å². The Kier molecular flexibility index (Phi) is 7.42. The largest absolute Gasteiger partial charge is 0.342 e. The van der Waals surface area contributed by atoms with E-state index in [1.807, 2.05) is 13.8 Å². The summed E-state index contributed by atoms with van der Waals surface area (Å²) < 4.78 is 29.0. The van der Waals surface area contributed by atoms with Crippen LogP contribution in [0.25, 0.3) is 0 Å². The van der Waals surface area contributed by atoms with E-state index >= 15 is 0 Å². The van der Waals surface area contributed by atoms with Crippen LogP contribution in [0.5, 0.6) is 0 Å². The van der Waals surface area contributed by atoms with E-state index in [2.05, 4.69) is 10.3 Å². The lowest BCUT2D eigenvalue weighted by atomic mass is 9.81. The molecular formula is C23H30ClN5O4S2. The highest BCUT2D eigenvalue weighted by Gasteiger charge is 2.50. The third kappa shape index (κ3) is 4.91. The van der Waals surface area contributed by atoms with Crippen LogP contribution in [0, 0.1) is 0 Å². The van der Waals surface area contributed by atoms with Crippen LogP contribution in [-0.4, -0.2) is 67.3 Å². The summed E-state index contributed by atoms with van der Waals surface area (Å²) in [6.07, 6.45) is 3.55. The molecule has 9 nitrogen and oxygen atoms in total. The topological polar surface area (TPSA) is 103 Å². The smallest absolute Gasteiger partial charge is 0.328 e. The average molecular weight is 540 g/mol. The highest BCUT2D eigenvalue weighted by Crippen LogP contribution is 2.47. The molecule has 2 aliphatic rings. The van der Waals surface area contributed by atoms with Crippen LogP contribution in [-0.2, 0) is 20.2 Å². The second kappa shape index (κ2) is 10.0. The standard InChI is InChI=1S/C23H30ClN5O4S2/c1-4-9-28(10-5-2)35(32,33)17-6-7-19-18(12-17)23(8-11-27(14-23)16(3)30)15-29(19)22(31)26-21-25-13-20(24)34-21/h6-7,12-13H,4-5,8-11,14-15H2,1-3H3,(H,25,26,31). The van der Waals surface area contributed by atoms with E-state index < -0.39 is 15.4 Å². The molecule has 0 aliphatic carbocycles. The van der Waals surface area contributed by atoms with Crippen LogP contribution in [0.15, 0.2) is 29.3 Å². The zero-order chi connectivity index (χ0) is 25.4. The van der Waals surface area contributed by atoms with Crippen LogP contribution < -0.4 is 10.2 Å². The summed E-state index contributed by atoms with van der Waals surface area (Å²) in [6.45, 7) is 7.66. The maximum absolute atomic E-state index is 13.5. The number of likely N-dealkylation sites (tertiary alicyclic amines) is 1. The Labute approximate surface area is 215 Å². The molecule has 1 aromatic heterocycles. The van der Waals surface area contributed by atoms with Crippen molar-refractivity contribution in [3.05, 3.63) is 34.3 Å². The maximum atomic E-state index is 13.5. The van der Waals surface area contributed by atoms with E-state index in [1.165, 1.54) is 17.4 Å². The van der Waals surface area contributed by atoms with Crippen LogP contribution in [0.1, 0.15) is 45.6 Å². The van der Waals surface area contributed by atoms with Crippen LogP contribution in [0.3, 0.4) is 0 Å². The van der Waals surface area contributed by atoms with Gasteiger partial charge in [-0.05, 0) is 43.0 Å². The third-order valence-corrected chi connectivity index (χ3v) is 9.54. The van der Waals surface area contributed by atoms with E-state index in [4.69, 9.17) is 11.6 Å². The van der Waals surface area contributed by atoms with Crippen molar-refractivity contribution in [3.8, 4) is 0 Å². The number of fused-ring (bicyclic) bond motifs is 2. The first-order valence-electron chi connectivity index (χ1n) is 11.7. The summed E-state index contributed by atoms with van der Waals surface area (Å²) in [5.74, 6) is -0.0374. The lowest BCUT2D eigenvalue weighted by Gasteiger charge is -2.26. The number of anilines is 2. The fraction of sp³-hybridized carbons (Fsp3) is 0.522. The Bertz CT molecular complexity index is 1230. The predicted molar refractivity (Wildman–Crippen MR) is 138 cm³/mol. The first-order valence-corrected chi connectivity index (χ1v) is 14.3. The van der Waals surface area contributed by atoms with Crippen molar-refractivity contribution < 1.29 is 18.0 Å². The number of sulfonamides is 1. The van der Waals surface area contributed by atoms with Gasteiger partial charge in [-0.1, -0.05) is 36.8 Å². The first kappa shape index (κ1) is 25.9. The summed E-state index contributed by atoms with van der Waals surface area (Å²) in [4.78, 5) is 33.0. The van der Waals surface area contributed by atoms with Gasteiger partial charge in [0.25, 0.3) is 0 Å². The molecule has 0 radical (unpaired) electrons. The van der Waals surface area contributed by atoms with Gasteiger partial charge >= 0.3 is 6.03 Å². The van der Waals surface area contributed by atoms with Gasteiger partial charge in [0.2, 0.25) is 15.9 Å². The number of carbonyl (C=O) groups excluding carboxylic acids is 2. The molecule has 3 heterocycles. The van der Waals surface area contributed by atoms with Gasteiger partial charge in [-0.15, -0.1) is 0 Å². The van der Waals surface area contributed by atoms with E-state index in [-0.39, 0.29) is 16.8 Å². The number of aromatic nitrogens is 1. The molecular weight excluding hydrogens is 510 g/mol. The minimum atomic E-state index is -3.70. The Morgan fingerprint density at radius 1 is 1.23 bits per heavy atom. The van der Waals surface area contributed by atoms with Crippen LogP contribution >= 0.6 is 22.9 Å². The number of rotatable bonds is 7. The van der Waals surface area contributed by atoms with Gasteiger partial charge in [0.1, 0.15) is 4.34 Å². The summed E-state index contributed by atoms with van der Waals surface area (Å²) in [5.41, 5.74) is 0.889. The molecule has 1 aromatic carbocycles. The Morgan fingerprint density at radius 2 is 1.94 bits per heavy atom. The molecule has 1 saturated heterocycles. The fourth-order valence-corrected chi connectivity index (χ4v) is 7.40. The summed E-state index contributed by atoms with van der Waals surface area (Å²) in [7, 11) is -3.70. The normalized spacial score (nSPS) is 19.6. The van der Waals surface area contributed by atoms with Gasteiger partial charge in [-0.3, -0.25) is 15.0 Å². The minimum absolute atomic E-state index is 0.0374. The van der Waals surface area contributed by atoms with E-state index in [1.54, 1.807) is 28.0 Å². The Morgan fingerprint density at radius 3 is 2.51 bits per heavy atom. The van der Waals surface area contributed by atoms with Gasteiger partial charge in [-0.2, -0.15) is 4.31 Å². The molecule has 190 valence electrons. The van der Waals surface area contributed by atoms with Crippen molar-refractivity contribution in [2.45, 2.75) is 50.3 Å². The van der Waals surface area contributed by atoms with Crippen molar-refractivity contribution >= 4 is 55.7 Å². The number of nitrogens with zero attached hydrogens (tertiary/aromatic N) is 4. The molecule has 1 N–H and O–H groups in total. The van der Waals surface area contributed by atoms with Crippen LogP contribution in [0.2, 0.25) is 4.34 Å². The molecule has 1 fully saturated rings. The zero-order valence-electron chi connectivity index (χ0n) is 20.1. The molecule has 1 spiro atoms. The fourth-order valence-electron chi connectivity index (χ4n) is 4.95. The summed E-state index contributed by atoms with van der Waals surface area (Å²) in [6, 6.07) is 4.62. The molecule has 2 aliphatic heterocycles. The number of carbonyl (C=O) groups is 2. The molecule has 1 unspecified atom stereocenters. The number of hydrogen-bond acceptors (Lipinski definition) is 6. The predicted octanol–water partition coefficient (Wildman–Crippen LogP) is 4.15. The third-order valence-electron chi connectivity index (χ3n) is 6.61. The quantitative estimate of drug-likeness (QED) is 0.569. The first-order chi connectivity index (χ1) is 16.6. The van der Waals surface area contributed by atoms with E-state index in [0.29, 0.717) is 54.3 Å². The minimum Gasteiger partial charge on any atom is -0.342 e. The number of urea groups is 1. The van der Waals surface area contributed by atoms with Crippen LogP contribution in [0.4, 0.5) is 15.6 Å². The second-order valence-electron chi connectivity index (χ2n) is 9.04. The number of thiazole rings is 1. The lowest BCUT2D eigenvalue weighted by molar-refractivity contribution is -0.127. The van der Waals surface area contributed by atoms with E-state index in [9.17, 15) is 18.0 Å². The number of amides is 3. The zero-order valence-corrected chi connectivity index (χ0v) is 22.5. The molecule has 12 heteroatoms. The monoisotopic (exact) mass is 539 g/mol. The van der Waals surface area contributed by atoms with Crippen molar-refractivity contribution in [1.29, 1.82) is 0 Å². The van der Waals surface area contributed by atoms with Crippen molar-refractivity contribution in [3.63, 3.8) is 0 Å². The number of halogens is 1. The Balaban J connectivity index is 1.74. The second-order valence-corrected chi connectivity index (χ2v) is 12.6. The summed E-state index contributed by atoms with van der Waals surface area (Å²) >= 11 is 7.11. The van der Waals surface area contributed by atoms with Crippen molar-refractivity contribution in [2.75, 3.05) is 42.9 Å². The number of nitrogens with one attached hydrogen (secondary N) is 1. The van der Waals surface area contributed by atoms with Gasteiger partial charge in [-0.25, -0.2) is 18.2 Å². The van der Waals surface area contributed by atoms with Gasteiger partial charge in [0.15, 0.2) is 5.13 Å². The number of hydrogen-bond donors (Lipinski definition) is 1. The highest BCUT2D eigenvalue weighted by molar-refractivity contribution is 7.89. The lowest BCUT2D eigenvalue weighted by Crippen LogP contribution is -2.41. The highest BCUT2D eigenvalue weighted by atomic mass is 35.5. The van der Waals surface area contributed by atoms with Gasteiger partial charge in [0.05, 0.1) is 11.1 Å². The van der Waals surface area contributed by atoms with Gasteiger partial charge < -0.3 is 4.90 Å². The SMILES string of the molecule is CCCN(CCC)S(=O)(=O)c1ccc2c(c1)C1(CCN(C(C)=O)C1)CN2C(=O)Nc1ncc(Cl)s1.